The van der Waals surface area contributed by atoms with Gasteiger partial charge in [-0.25, -0.2) is 22.7 Å². The average Bonchev–Trinajstić information content (AvgIpc) is 2.86. The first-order valence-electron chi connectivity index (χ1n) is 10.7. The first-order chi connectivity index (χ1) is 16.8. The number of methoxy groups -OCH3 is 1. The Morgan fingerprint density at radius 3 is 2.51 bits per heavy atom. The molecule has 0 aliphatic heterocycles. The van der Waals surface area contributed by atoms with Crippen molar-refractivity contribution < 1.29 is 27.1 Å². The van der Waals surface area contributed by atoms with Crippen LogP contribution in [0.3, 0.4) is 0 Å². The number of hydrogen-bond donors (Lipinski definition) is 1. The molecule has 1 N–H and O–H groups in total. The van der Waals surface area contributed by atoms with Crippen LogP contribution in [-0.2, 0) is 21.4 Å². The smallest absolute Gasteiger partial charge is 0.338 e. The molecule has 8 nitrogen and oxygen atoms in total. The lowest BCUT2D eigenvalue weighted by Gasteiger charge is -2.15. The maximum atomic E-state index is 12.9. The first kappa shape index (κ1) is 24.2. The quantitative estimate of drug-likeness (QED) is 0.289. The van der Waals surface area contributed by atoms with Crippen molar-refractivity contribution in [2.75, 3.05) is 7.11 Å². The van der Waals surface area contributed by atoms with Crippen molar-refractivity contribution in [3.05, 3.63) is 106 Å². The molecule has 3 aromatic carbocycles. The van der Waals surface area contributed by atoms with Crippen LogP contribution in [0, 0.1) is 0 Å². The SMILES string of the molecule is COc1ccc2c(COC(=O)c3cccc(S(=O)(=O)N[C@H](C)c4ccccc4)c3)cc(=O)oc2c1. The number of ether oxygens (including phenoxy) is 2. The topological polar surface area (TPSA) is 112 Å². The lowest BCUT2D eigenvalue weighted by atomic mass is 10.1. The van der Waals surface area contributed by atoms with E-state index in [4.69, 9.17) is 13.9 Å². The monoisotopic (exact) mass is 493 g/mol. The molecule has 0 aliphatic rings. The minimum atomic E-state index is -3.90. The summed E-state index contributed by atoms with van der Waals surface area (Å²) < 4.78 is 44.1. The molecule has 1 aromatic heterocycles. The molecule has 0 saturated heterocycles. The molecule has 1 heterocycles. The van der Waals surface area contributed by atoms with Gasteiger partial charge >= 0.3 is 11.6 Å². The van der Waals surface area contributed by atoms with E-state index in [9.17, 15) is 18.0 Å². The Bertz CT molecular complexity index is 1530. The molecular formula is C26H23NO7S. The normalized spacial score (nSPS) is 12.3. The molecule has 4 rings (SSSR count). The summed E-state index contributed by atoms with van der Waals surface area (Å²) in [5.41, 5.74) is 1.03. The van der Waals surface area contributed by atoms with Crippen LogP contribution in [-0.4, -0.2) is 21.5 Å². The molecule has 9 heteroatoms. The molecule has 0 radical (unpaired) electrons. The van der Waals surface area contributed by atoms with Gasteiger partial charge in [0.05, 0.1) is 17.6 Å². The average molecular weight is 494 g/mol. The largest absolute Gasteiger partial charge is 0.497 e. The van der Waals surface area contributed by atoms with Crippen LogP contribution < -0.4 is 15.1 Å². The summed E-state index contributed by atoms with van der Waals surface area (Å²) in [4.78, 5) is 24.6. The summed E-state index contributed by atoms with van der Waals surface area (Å²) in [5.74, 6) is -0.212. The van der Waals surface area contributed by atoms with Gasteiger partial charge in [0.25, 0.3) is 0 Å². The second kappa shape index (κ2) is 10.1. The Balaban J connectivity index is 1.51. The van der Waals surface area contributed by atoms with E-state index in [1.807, 2.05) is 30.3 Å². The molecule has 1 atom stereocenters. The van der Waals surface area contributed by atoms with E-state index in [1.165, 1.54) is 37.4 Å². The molecule has 0 bridgehead atoms. The summed E-state index contributed by atoms with van der Waals surface area (Å²) in [6.07, 6.45) is 0. The van der Waals surface area contributed by atoms with Crippen LogP contribution >= 0.6 is 0 Å². The zero-order chi connectivity index (χ0) is 25.0. The summed E-state index contributed by atoms with van der Waals surface area (Å²) in [5, 5.41) is 0.591. The number of sulfonamides is 1. The Labute approximate surface area is 202 Å². The molecule has 0 spiro atoms. The van der Waals surface area contributed by atoms with Crippen molar-refractivity contribution in [2.24, 2.45) is 0 Å². The molecule has 35 heavy (non-hydrogen) atoms. The number of carbonyl (C=O) groups is 1. The lowest BCUT2D eigenvalue weighted by molar-refractivity contribution is 0.0473. The number of esters is 1. The highest BCUT2D eigenvalue weighted by Crippen LogP contribution is 2.24. The van der Waals surface area contributed by atoms with Gasteiger partial charge in [-0.15, -0.1) is 0 Å². The van der Waals surface area contributed by atoms with Crippen molar-refractivity contribution in [1.82, 2.24) is 4.72 Å². The Hall–Kier alpha value is -3.95. The zero-order valence-corrected chi connectivity index (χ0v) is 19.9. The molecule has 0 saturated carbocycles. The molecule has 0 fully saturated rings. The minimum Gasteiger partial charge on any atom is -0.497 e. The lowest BCUT2D eigenvalue weighted by Crippen LogP contribution is -2.27. The van der Waals surface area contributed by atoms with Crippen LogP contribution in [0.15, 0.2) is 93.0 Å². The van der Waals surface area contributed by atoms with Gasteiger partial charge in [-0.2, -0.15) is 0 Å². The molecule has 180 valence electrons. The van der Waals surface area contributed by atoms with E-state index in [-0.39, 0.29) is 17.1 Å². The number of rotatable bonds is 8. The Morgan fingerprint density at radius 1 is 1.00 bits per heavy atom. The summed E-state index contributed by atoms with van der Waals surface area (Å²) in [6.45, 7) is 1.54. The van der Waals surface area contributed by atoms with Gasteiger partial charge in [0.2, 0.25) is 10.0 Å². The molecule has 0 amide bonds. The maximum Gasteiger partial charge on any atom is 0.338 e. The third-order valence-corrected chi connectivity index (χ3v) is 6.95. The van der Waals surface area contributed by atoms with E-state index in [0.29, 0.717) is 22.3 Å². The van der Waals surface area contributed by atoms with Crippen molar-refractivity contribution >= 4 is 27.0 Å². The van der Waals surface area contributed by atoms with Crippen molar-refractivity contribution in [3.63, 3.8) is 0 Å². The first-order valence-corrected chi connectivity index (χ1v) is 12.2. The van der Waals surface area contributed by atoms with Crippen LogP contribution in [0.4, 0.5) is 0 Å². The number of fused-ring (bicyclic) bond motifs is 1. The Morgan fingerprint density at radius 2 is 1.77 bits per heavy atom. The molecule has 4 aromatic rings. The predicted molar refractivity (Wildman–Crippen MR) is 130 cm³/mol. The van der Waals surface area contributed by atoms with Gasteiger partial charge < -0.3 is 13.9 Å². The number of hydrogen-bond acceptors (Lipinski definition) is 7. The fourth-order valence-corrected chi connectivity index (χ4v) is 4.86. The molecule has 0 aliphatic carbocycles. The van der Waals surface area contributed by atoms with Crippen LogP contribution in [0.2, 0.25) is 0 Å². The minimum absolute atomic E-state index is 0.0624. The van der Waals surface area contributed by atoms with Crippen molar-refractivity contribution in [1.29, 1.82) is 0 Å². The van der Waals surface area contributed by atoms with Crippen molar-refractivity contribution in [2.45, 2.75) is 24.5 Å². The number of carbonyl (C=O) groups excluding carboxylic acids is 1. The standard InChI is InChI=1S/C26H23NO7S/c1-17(18-7-4-3-5-8-18)27-35(30,31)22-10-6-9-19(13-22)26(29)33-16-20-14-25(28)34-24-15-21(32-2)11-12-23(20)24/h3-15,17,27H,16H2,1-2H3/t17-/m1/s1. The van der Waals surface area contributed by atoms with Gasteiger partial charge in [0.1, 0.15) is 17.9 Å². The van der Waals surface area contributed by atoms with Gasteiger partial charge in [-0.3, -0.25) is 0 Å². The summed E-state index contributed by atoms with van der Waals surface area (Å²) in [7, 11) is -2.40. The van der Waals surface area contributed by atoms with E-state index in [1.54, 1.807) is 25.1 Å². The fourth-order valence-electron chi connectivity index (χ4n) is 3.58. The zero-order valence-electron chi connectivity index (χ0n) is 19.1. The second-order valence-electron chi connectivity index (χ2n) is 7.81. The third kappa shape index (κ3) is 5.59. The highest BCUT2D eigenvalue weighted by molar-refractivity contribution is 7.89. The van der Waals surface area contributed by atoms with E-state index in [2.05, 4.69) is 4.72 Å². The highest BCUT2D eigenvalue weighted by atomic mass is 32.2. The predicted octanol–water partition coefficient (Wildman–Crippen LogP) is 4.20. The summed E-state index contributed by atoms with van der Waals surface area (Å²) >= 11 is 0. The van der Waals surface area contributed by atoms with Crippen LogP contribution in [0.1, 0.15) is 34.5 Å². The Kier molecular flexibility index (Phi) is 6.99. The van der Waals surface area contributed by atoms with E-state index >= 15 is 0 Å². The second-order valence-corrected chi connectivity index (χ2v) is 9.52. The van der Waals surface area contributed by atoms with E-state index < -0.39 is 27.7 Å². The number of nitrogens with one attached hydrogen (secondary N) is 1. The van der Waals surface area contributed by atoms with Gasteiger partial charge in [0, 0.05) is 29.1 Å². The third-order valence-electron chi connectivity index (χ3n) is 5.41. The van der Waals surface area contributed by atoms with Crippen LogP contribution in [0.25, 0.3) is 11.0 Å². The van der Waals surface area contributed by atoms with Gasteiger partial charge in [-0.05, 0) is 42.8 Å². The molecular weight excluding hydrogens is 470 g/mol. The molecule has 0 unspecified atom stereocenters. The van der Waals surface area contributed by atoms with Gasteiger partial charge in [0.15, 0.2) is 0 Å². The van der Waals surface area contributed by atoms with Crippen LogP contribution in [0.5, 0.6) is 5.75 Å². The maximum absolute atomic E-state index is 12.9. The number of benzene rings is 3. The van der Waals surface area contributed by atoms with Gasteiger partial charge in [-0.1, -0.05) is 36.4 Å². The van der Waals surface area contributed by atoms with Crippen molar-refractivity contribution in [3.8, 4) is 5.75 Å². The highest BCUT2D eigenvalue weighted by Gasteiger charge is 2.20. The van der Waals surface area contributed by atoms with E-state index in [0.717, 1.165) is 5.56 Å². The summed E-state index contributed by atoms with van der Waals surface area (Å²) in [6, 6.07) is 20.5. The fraction of sp³-hybridized carbons (Fsp3) is 0.154.